The van der Waals surface area contributed by atoms with E-state index in [2.05, 4.69) is 6.92 Å². The van der Waals surface area contributed by atoms with Gasteiger partial charge in [-0.3, -0.25) is 10.1 Å². The molecule has 0 rings (SSSR count). The van der Waals surface area contributed by atoms with Gasteiger partial charge in [0.2, 0.25) is 6.54 Å². The van der Waals surface area contributed by atoms with Crippen molar-refractivity contribution in [2.24, 2.45) is 0 Å². The molecule has 0 amide bonds. The molecule has 0 bridgehead atoms. The summed E-state index contributed by atoms with van der Waals surface area (Å²) in [6, 6.07) is 0. The second kappa shape index (κ2) is 18.7. The molecule has 1 atom stereocenters. The fourth-order valence-corrected chi connectivity index (χ4v) is 3.15. The maximum atomic E-state index is 10.2. The predicted molar refractivity (Wildman–Crippen MR) is 102 cm³/mol. The molecule has 0 fully saturated rings. The van der Waals surface area contributed by atoms with E-state index < -0.39 is 6.10 Å². The zero-order valence-corrected chi connectivity index (χ0v) is 16.0. The number of nitro groups is 1. The molecule has 0 saturated heterocycles. The number of rotatable bonds is 19. The van der Waals surface area contributed by atoms with Gasteiger partial charge in [-0.2, -0.15) is 0 Å². The van der Waals surface area contributed by atoms with Crippen molar-refractivity contribution >= 4 is 0 Å². The van der Waals surface area contributed by atoms with Gasteiger partial charge in [0.25, 0.3) is 0 Å². The molecule has 1 N–H and O–H groups in total. The van der Waals surface area contributed by atoms with E-state index in [9.17, 15) is 15.2 Å². The van der Waals surface area contributed by atoms with E-state index in [4.69, 9.17) is 0 Å². The van der Waals surface area contributed by atoms with Crippen molar-refractivity contribution in [2.45, 2.75) is 122 Å². The molecule has 24 heavy (non-hydrogen) atoms. The summed E-state index contributed by atoms with van der Waals surface area (Å²) in [5.74, 6) is 0. The van der Waals surface area contributed by atoms with E-state index in [0.29, 0.717) is 12.8 Å². The minimum atomic E-state index is -0.489. The molecule has 0 aliphatic heterocycles. The fraction of sp³-hybridized carbons (Fsp3) is 1.00. The van der Waals surface area contributed by atoms with Gasteiger partial charge in [-0.05, 0) is 6.42 Å². The first-order valence-electron chi connectivity index (χ1n) is 10.5. The summed E-state index contributed by atoms with van der Waals surface area (Å²) in [6.07, 6.45) is 20.5. The monoisotopic (exact) mass is 343 g/mol. The van der Waals surface area contributed by atoms with E-state index in [1.807, 2.05) is 0 Å². The number of aliphatic hydroxyl groups is 1. The first kappa shape index (κ1) is 23.4. The first-order chi connectivity index (χ1) is 11.7. The van der Waals surface area contributed by atoms with Crippen LogP contribution in [0, 0.1) is 10.1 Å². The molecule has 0 aliphatic carbocycles. The maximum Gasteiger partial charge on any atom is 0.206 e. The molecular weight excluding hydrogens is 302 g/mol. The third kappa shape index (κ3) is 19.4. The van der Waals surface area contributed by atoms with Crippen molar-refractivity contribution in [1.29, 1.82) is 0 Å². The number of hydrogen-bond donors (Lipinski definition) is 1. The number of aliphatic hydroxyl groups excluding tert-OH is 1. The summed E-state index contributed by atoms with van der Waals surface area (Å²) in [7, 11) is 0. The highest BCUT2D eigenvalue weighted by Gasteiger charge is 2.07. The quantitative estimate of drug-likeness (QED) is 0.171. The topological polar surface area (TPSA) is 63.4 Å². The van der Waals surface area contributed by atoms with Crippen LogP contribution < -0.4 is 0 Å². The molecule has 0 aliphatic rings. The predicted octanol–water partition coefficient (Wildman–Crippen LogP) is 6.28. The van der Waals surface area contributed by atoms with Crippen molar-refractivity contribution in [3.8, 4) is 0 Å². The molecule has 144 valence electrons. The average molecular weight is 344 g/mol. The van der Waals surface area contributed by atoms with Crippen molar-refractivity contribution in [3.05, 3.63) is 10.1 Å². The van der Waals surface area contributed by atoms with E-state index >= 15 is 0 Å². The number of nitrogens with zero attached hydrogens (tertiary/aromatic N) is 1. The van der Waals surface area contributed by atoms with Crippen LogP contribution in [0.5, 0.6) is 0 Å². The highest BCUT2D eigenvalue weighted by atomic mass is 16.6. The van der Waals surface area contributed by atoms with Crippen LogP contribution in [0.25, 0.3) is 0 Å². The highest BCUT2D eigenvalue weighted by molar-refractivity contribution is 4.56. The van der Waals surface area contributed by atoms with Crippen molar-refractivity contribution in [1.82, 2.24) is 0 Å². The molecule has 1 unspecified atom stereocenters. The van der Waals surface area contributed by atoms with E-state index in [0.717, 1.165) is 12.8 Å². The SMILES string of the molecule is CCCCCCCCCCCCCCCCCC(O)CC[N+](=O)[O-]. The molecule has 0 radical (unpaired) electrons. The standard InChI is InChI=1S/C20H41NO3/c1-2-3-4-5-6-7-8-9-10-11-12-13-14-15-16-17-20(22)18-19-21(23)24/h20,22H,2-19H2,1H3. The Kier molecular flexibility index (Phi) is 18.2. The lowest BCUT2D eigenvalue weighted by atomic mass is 10.0. The second-order valence-corrected chi connectivity index (χ2v) is 7.24. The third-order valence-electron chi connectivity index (χ3n) is 4.79. The Morgan fingerprint density at radius 1 is 0.708 bits per heavy atom. The zero-order valence-electron chi connectivity index (χ0n) is 16.0. The van der Waals surface area contributed by atoms with Gasteiger partial charge in [-0.15, -0.1) is 0 Å². The summed E-state index contributed by atoms with van der Waals surface area (Å²) in [5.41, 5.74) is 0. The molecule has 4 nitrogen and oxygen atoms in total. The molecule has 0 saturated carbocycles. The zero-order chi connectivity index (χ0) is 17.9. The lowest BCUT2D eigenvalue weighted by Gasteiger charge is -2.07. The maximum absolute atomic E-state index is 10.2. The summed E-state index contributed by atoms with van der Waals surface area (Å²) in [6.45, 7) is 2.16. The van der Waals surface area contributed by atoms with Crippen molar-refractivity contribution in [3.63, 3.8) is 0 Å². The molecule has 0 aromatic heterocycles. The van der Waals surface area contributed by atoms with Crippen molar-refractivity contribution < 1.29 is 10.0 Å². The van der Waals surface area contributed by atoms with Crippen LogP contribution in [0.15, 0.2) is 0 Å². The normalized spacial score (nSPS) is 12.4. The van der Waals surface area contributed by atoms with Crippen LogP contribution in [-0.2, 0) is 0 Å². The van der Waals surface area contributed by atoms with E-state index in [1.54, 1.807) is 0 Å². The van der Waals surface area contributed by atoms with Gasteiger partial charge < -0.3 is 5.11 Å². The largest absolute Gasteiger partial charge is 0.393 e. The van der Waals surface area contributed by atoms with E-state index in [-0.39, 0.29) is 11.5 Å². The van der Waals surface area contributed by atoms with Crippen LogP contribution in [0.2, 0.25) is 0 Å². The molecular formula is C20H41NO3. The Morgan fingerprint density at radius 2 is 1.08 bits per heavy atom. The van der Waals surface area contributed by atoms with Crippen LogP contribution in [-0.4, -0.2) is 22.7 Å². The minimum absolute atomic E-state index is 0.111. The Bertz CT molecular complexity index is 272. The molecule has 0 aromatic carbocycles. The van der Waals surface area contributed by atoms with Gasteiger partial charge in [0.05, 0.1) is 6.10 Å². The summed E-state index contributed by atoms with van der Waals surface area (Å²) in [5, 5.41) is 19.8. The Hall–Kier alpha value is -0.640. The first-order valence-corrected chi connectivity index (χ1v) is 10.5. The summed E-state index contributed by atoms with van der Waals surface area (Å²) < 4.78 is 0. The third-order valence-corrected chi connectivity index (χ3v) is 4.79. The summed E-state index contributed by atoms with van der Waals surface area (Å²) >= 11 is 0. The Morgan fingerprint density at radius 3 is 1.46 bits per heavy atom. The minimum Gasteiger partial charge on any atom is -0.393 e. The summed E-state index contributed by atoms with van der Waals surface area (Å²) in [4.78, 5) is 9.86. The van der Waals surface area contributed by atoms with Crippen LogP contribution in [0.4, 0.5) is 0 Å². The molecule has 4 heteroatoms. The second-order valence-electron chi connectivity index (χ2n) is 7.24. The lowest BCUT2D eigenvalue weighted by Crippen LogP contribution is -2.13. The average Bonchev–Trinajstić information content (AvgIpc) is 2.56. The van der Waals surface area contributed by atoms with Crippen LogP contribution in [0.3, 0.4) is 0 Å². The number of unbranched alkanes of at least 4 members (excludes halogenated alkanes) is 14. The lowest BCUT2D eigenvalue weighted by molar-refractivity contribution is -0.482. The van der Waals surface area contributed by atoms with Gasteiger partial charge in [-0.1, -0.05) is 103 Å². The van der Waals surface area contributed by atoms with Crippen LogP contribution >= 0.6 is 0 Å². The molecule has 0 heterocycles. The Balaban J connectivity index is 3.08. The van der Waals surface area contributed by atoms with Gasteiger partial charge in [0.15, 0.2) is 0 Å². The van der Waals surface area contributed by atoms with Crippen LogP contribution in [0.1, 0.15) is 116 Å². The highest BCUT2D eigenvalue weighted by Crippen LogP contribution is 2.14. The van der Waals surface area contributed by atoms with Crippen molar-refractivity contribution in [2.75, 3.05) is 6.54 Å². The van der Waals surface area contributed by atoms with Gasteiger partial charge in [-0.25, -0.2) is 0 Å². The van der Waals surface area contributed by atoms with Gasteiger partial charge in [0.1, 0.15) is 0 Å². The number of hydrogen-bond acceptors (Lipinski definition) is 3. The van der Waals surface area contributed by atoms with Gasteiger partial charge in [0, 0.05) is 11.3 Å². The molecule has 0 aromatic rings. The Labute approximate surface area is 149 Å². The van der Waals surface area contributed by atoms with Gasteiger partial charge >= 0.3 is 0 Å². The smallest absolute Gasteiger partial charge is 0.206 e. The fourth-order valence-electron chi connectivity index (χ4n) is 3.15. The molecule has 0 spiro atoms. The van der Waals surface area contributed by atoms with E-state index in [1.165, 1.54) is 83.5 Å².